The summed E-state index contributed by atoms with van der Waals surface area (Å²) < 4.78 is 4.88. The van der Waals surface area contributed by atoms with Crippen molar-refractivity contribution in [1.29, 1.82) is 0 Å². The lowest BCUT2D eigenvalue weighted by molar-refractivity contribution is -0.148. The number of nitrogens with zero attached hydrogens (tertiary/aromatic N) is 2. The number of ether oxygens (including phenoxy) is 1. The molecule has 1 rings (SSSR count). The number of likely N-dealkylation sites (tertiary alicyclic amines) is 1. The van der Waals surface area contributed by atoms with Gasteiger partial charge in [0.15, 0.2) is 0 Å². The number of rotatable bonds is 5. The van der Waals surface area contributed by atoms with Crippen LogP contribution < -0.4 is 5.32 Å². The SMILES string of the molecule is CNC(C)(CN(C)C1CCN(C)CC1)C(=O)OC. The third-order valence-electron chi connectivity index (χ3n) is 4.06. The highest BCUT2D eigenvalue weighted by molar-refractivity contribution is 5.80. The van der Waals surface area contributed by atoms with E-state index in [1.807, 2.05) is 6.92 Å². The molecule has 5 heteroatoms. The van der Waals surface area contributed by atoms with Crippen LogP contribution in [0.4, 0.5) is 0 Å². The molecule has 106 valence electrons. The number of methoxy groups -OCH3 is 1. The van der Waals surface area contributed by atoms with Crippen LogP contribution in [0.2, 0.25) is 0 Å². The lowest BCUT2D eigenvalue weighted by Crippen LogP contribution is -2.57. The van der Waals surface area contributed by atoms with E-state index in [9.17, 15) is 4.79 Å². The quantitative estimate of drug-likeness (QED) is 0.711. The molecule has 1 N–H and O–H groups in total. The molecule has 1 aliphatic rings. The van der Waals surface area contributed by atoms with Crippen molar-refractivity contribution in [2.45, 2.75) is 31.3 Å². The van der Waals surface area contributed by atoms with Crippen molar-refractivity contribution in [3.05, 3.63) is 0 Å². The topological polar surface area (TPSA) is 44.8 Å². The van der Waals surface area contributed by atoms with Gasteiger partial charge in [0.05, 0.1) is 7.11 Å². The van der Waals surface area contributed by atoms with Crippen LogP contribution >= 0.6 is 0 Å². The first kappa shape index (κ1) is 15.4. The number of piperidine rings is 1. The number of carbonyl (C=O) groups excluding carboxylic acids is 1. The second-order valence-corrected chi connectivity index (χ2v) is 5.52. The second-order valence-electron chi connectivity index (χ2n) is 5.52. The molecule has 0 saturated carbocycles. The summed E-state index contributed by atoms with van der Waals surface area (Å²) in [6.45, 7) is 4.82. The smallest absolute Gasteiger partial charge is 0.327 e. The maximum atomic E-state index is 11.8. The maximum absolute atomic E-state index is 11.8. The number of nitrogens with one attached hydrogen (secondary N) is 1. The van der Waals surface area contributed by atoms with Gasteiger partial charge in [-0.1, -0.05) is 0 Å². The van der Waals surface area contributed by atoms with Crippen LogP contribution in [0.3, 0.4) is 0 Å². The molecule has 0 aliphatic carbocycles. The molecule has 1 unspecified atom stereocenters. The van der Waals surface area contributed by atoms with E-state index in [0.29, 0.717) is 12.6 Å². The summed E-state index contributed by atoms with van der Waals surface area (Å²) in [4.78, 5) is 16.4. The van der Waals surface area contributed by atoms with Gasteiger partial charge in [0.1, 0.15) is 5.54 Å². The largest absolute Gasteiger partial charge is 0.468 e. The van der Waals surface area contributed by atoms with Crippen LogP contribution in [-0.4, -0.2) is 75.2 Å². The molecule has 0 aromatic heterocycles. The predicted octanol–water partition coefficient (Wildman–Crippen LogP) is 0.164. The molecule has 1 heterocycles. The molecule has 0 amide bonds. The lowest BCUT2D eigenvalue weighted by Gasteiger charge is -2.39. The normalized spacial score (nSPS) is 21.9. The third kappa shape index (κ3) is 3.67. The van der Waals surface area contributed by atoms with Crippen molar-refractivity contribution < 1.29 is 9.53 Å². The van der Waals surface area contributed by atoms with E-state index in [0.717, 1.165) is 25.9 Å². The van der Waals surface area contributed by atoms with Gasteiger partial charge in [0.25, 0.3) is 0 Å². The molecule has 18 heavy (non-hydrogen) atoms. The predicted molar refractivity (Wildman–Crippen MR) is 72.6 cm³/mol. The summed E-state index contributed by atoms with van der Waals surface area (Å²) in [6.07, 6.45) is 2.32. The number of hydrogen-bond acceptors (Lipinski definition) is 5. The van der Waals surface area contributed by atoms with Crippen LogP contribution in [0.15, 0.2) is 0 Å². The average Bonchev–Trinajstić information content (AvgIpc) is 2.38. The van der Waals surface area contributed by atoms with E-state index in [4.69, 9.17) is 4.74 Å². The van der Waals surface area contributed by atoms with Crippen LogP contribution in [0, 0.1) is 0 Å². The number of carbonyl (C=O) groups is 1. The third-order valence-corrected chi connectivity index (χ3v) is 4.06. The molecule has 0 spiro atoms. The Morgan fingerprint density at radius 1 is 1.50 bits per heavy atom. The maximum Gasteiger partial charge on any atom is 0.327 e. The number of hydrogen-bond donors (Lipinski definition) is 1. The van der Waals surface area contributed by atoms with Crippen LogP contribution in [0.25, 0.3) is 0 Å². The minimum atomic E-state index is -0.632. The molecule has 1 aliphatic heterocycles. The van der Waals surface area contributed by atoms with Gasteiger partial charge in [-0.25, -0.2) is 0 Å². The highest BCUT2D eigenvalue weighted by Gasteiger charge is 2.35. The molecule has 1 fully saturated rings. The van der Waals surface area contributed by atoms with E-state index in [-0.39, 0.29) is 5.97 Å². The summed E-state index contributed by atoms with van der Waals surface area (Å²) >= 11 is 0. The minimum Gasteiger partial charge on any atom is -0.468 e. The Bertz CT molecular complexity index is 277. The van der Waals surface area contributed by atoms with Gasteiger partial charge >= 0.3 is 5.97 Å². The molecule has 5 nitrogen and oxygen atoms in total. The van der Waals surface area contributed by atoms with Gasteiger partial charge in [0, 0.05) is 12.6 Å². The van der Waals surface area contributed by atoms with Crippen molar-refractivity contribution in [2.75, 3.05) is 47.9 Å². The molecule has 0 bridgehead atoms. The zero-order valence-corrected chi connectivity index (χ0v) is 12.3. The van der Waals surface area contributed by atoms with E-state index >= 15 is 0 Å². The van der Waals surface area contributed by atoms with E-state index in [1.54, 1.807) is 7.05 Å². The summed E-state index contributed by atoms with van der Waals surface area (Å²) in [7, 11) is 7.49. The van der Waals surface area contributed by atoms with Gasteiger partial charge < -0.3 is 19.9 Å². The summed E-state index contributed by atoms with van der Waals surface area (Å²) in [5, 5.41) is 3.08. The average molecular weight is 257 g/mol. The van der Waals surface area contributed by atoms with E-state index < -0.39 is 5.54 Å². The summed E-state index contributed by atoms with van der Waals surface area (Å²) in [5.41, 5.74) is -0.632. The zero-order chi connectivity index (χ0) is 13.8. The number of esters is 1. The minimum absolute atomic E-state index is 0.204. The van der Waals surface area contributed by atoms with Crippen LogP contribution in [-0.2, 0) is 9.53 Å². The van der Waals surface area contributed by atoms with Gasteiger partial charge in [-0.05, 0) is 54.0 Å². The Kier molecular flexibility index (Phi) is 5.56. The van der Waals surface area contributed by atoms with Crippen molar-refractivity contribution in [1.82, 2.24) is 15.1 Å². The molecular formula is C13H27N3O2. The molecule has 0 radical (unpaired) electrons. The molecular weight excluding hydrogens is 230 g/mol. The van der Waals surface area contributed by atoms with Crippen LogP contribution in [0.1, 0.15) is 19.8 Å². The fraction of sp³-hybridized carbons (Fsp3) is 0.923. The van der Waals surface area contributed by atoms with Gasteiger partial charge in [-0.15, -0.1) is 0 Å². The van der Waals surface area contributed by atoms with Crippen molar-refractivity contribution in [2.24, 2.45) is 0 Å². The zero-order valence-electron chi connectivity index (χ0n) is 12.3. The summed E-state index contributed by atoms with van der Waals surface area (Å²) in [6, 6.07) is 0.554. The molecule has 1 atom stereocenters. The first-order valence-electron chi connectivity index (χ1n) is 6.59. The van der Waals surface area contributed by atoms with E-state index in [1.165, 1.54) is 7.11 Å². The Balaban J connectivity index is 2.56. The fourth-order valence-electron chi connectivity index (χ4n) is 2.53. The Labute approximate surface area is 110 Å². The van der Waals surface area contributed by atoms with Crippen LogP contribution in [0.5, 0.6) is 0 Å². The van der Waals surface area contributed by atoms with Crippen molar-refractivity contribution in [3.63, 3.8) is 0 Å². The lowest BCUT2D eigenvalue weighted by atomic mass is 9.98. The van der Waals surface area contributed by atoms with E-state index in [2.05, 4.69) is 29.2 Å². The standard InChI is InChI=1S/C13H27N3O2/c1-13(14-2,12(17)18-5)10-16(4)11-6-8-15(3)9-7-11/h11,14H,6-10H2,1-5H3. The van der Waals surface area contributed by atoms with Crippen molar-refractivity contribution in [3.8, 4) is 0 Å². The molecule has 1 saturated heterocycles. The summed E-state index contributed by atoms with van der Waals surface area (Å²) in [5.74, 6) is -0.204. The Morgan fingerprint density at radius 3 is 2.50 bits per heavy atom. The first-order valence-corrected chi connectivity index (χ1v) is 6.59. The fourth-order valence-corrected chi connectivity index (χ4v) is 2.53. The monoisotopic (exact) mass is 257 g/mol. The second kappa shape index (κ2) is 6.50. The number of likely N-dealkylation sites (N-methyl/N-ethyl adjacent to an activating group) is 2. The van der Waals surface area contributed by atoms with Gasteiger partial charge in [-0.3, -0.25) is 4.79 Å². The Morgan fingerprint density at radius 2 is 2.06 bits per heavy atom. The Hall–Kier alpha value is -0.650. The molecule has 0 aromatic carbocycles. The van der Waals surface area contributed by atoms with Gasteiger partial charge in [-0.2, -0.15) is 0 Å². The molecule has 0 aromatic rings. The highest BCUT2D eigenvalue weighted by atomic mass is 16.5. The first-order chi connectivity index (χ1) is 8.42. The van der Waals surface area contributed by atoms with Crippen molar-refractivity contribution >= 4 is 5.97 Å². The van der Waals surface area contributed by atoms with Gasteiger partial charge in [0.2, 0.25) is 0 Å². The highest BCUT2D eigenvalue weighted by Crippen LogP contribution is 2.17.